The number of benzene rings is 2. The molecule has 0 heterocycles. The number of nitrogens with zero attached hydrogens (tertiary/aromatic N) is 3. The quantitative estimate of drug-likeness (QED) is 0.0421. The van der Waals surface area contributed by atoms with Crippen LogP contribution in [-0.2, 0) is 41.1 Å². The minimum Gasteiger partial charge on any atom is -0.469 e. The van der Waals surface area contributed by atoms with Crippen molar-refractivity contribution in [3.8, 4) is 0 Å². The average molecular weight is 703 g/mol. The van der Waals surface area contributed by atoms with Crippen molar-refractivity contribution in [2.24, 2.45) is 5.84 Å². The Morgan fingerprint density at radius 3 is 1.92 bits per heavy atom. The molecule has 0 aliphatic rings. The summed E-state index contributed by atoms with van der Waals surface area (Å²) in [6.45, 7) is 3.38. The van der Waals surface area contributed by atoms with Crippen LogP contribution in [-0.4, -0.2) is 61.5 Å². The van der Waals surface area contributed by atoms with Crippen LogP contribution in [0.2, 0.25) is 0 Å². The van der Waals surface area contributed by atoms with Crippen LogP contribution >= 0.6 is 0 Å². The normalized spacial score (nSPS) is 14.2. The fourth-order valence-corrected chi connectivity index (χ4v) is 5.35. The lowest BCUT2D eigenvalue weighted by Gasteiger charge is -2.36. The van der Waals surface area contributed by atoms with E-state index in [0.29, 0.717) is 43.5 Å². The lowest BCUT2D eigenvalue weighted by Crippen LogP contribution is -2.60. The fourth-order valence-electron chi connectivity index (χ4n) is 5.35. The van der Waals surface area contributed by atoms with Crippen molar-refractivity contribution >= 4 is 5.97 Å². The van der Waals surface area contributed by atoms with Gasteiger partial charge < -0.3 is 4.74 Å². The molecule has 272 valence electrons. The summed E-state index contributed by atoms with van der Waals surface area (Å²) in [5, 5.41) is 4.01. The highest BCUT2D eigenvalue weighted by Crippen LogP contribution is 2.38. The molecule has 4 N–H and O–H groups in total. The van der Waals surface area contributed by atoms with Crippen LogP contribution in [0, 0.1) is 0 Å². The van der Waals surface area contributed by atoms with Gasteiger partial charge in [-0.05, 0) is 86.4 Å². The maximum atomic E-state index is 14.0. The summed E-state index contributed by atoms with van der Waals surface area (Å²) in [6.07, 6.45) is -14.2. The van der Waals surface area contributed by atoms with E-state index in [4.69, 9.17) is 5.84 Å². The summed E-state index contributed by atoms with van der Waals surface area (Å²) in [6, 6.07) is 3.98. The second kappa shape index (κ2) is 17.6. The molecule has 0 fully saturated rings. The molecule has 8 nitrogen and oxygen atoms in total. The van der Waals surface area contributed by atoms with Crippen LogP contribution in [0.25, 0.3) is 0 Å². The van der Waals surface area contributed by atoms with Gasteiger partial charge in [0, 0.05) is 32.6 Å². The SMILES string of the molecule is CCNC(NN(C)N)N(Cc1cc(C(F)(F)F)cc(C(F)(F)F)c1)Cc1cc(C(F)(F)F)ccc1C(CC)N(C)CCCCC(=O)OC. The second-order valence-electron chi connectivity index (χ2n) is 11.4. The highest BCUT2D eigenvalue weighted by Gasteiger charge is 2.38. The Morgan fingerprint density at radius 2 is 1.44 bits per heavy atom. The molecule has 0 saturated heterocycles. The number of hydrogen-bond acceptors (Lipinski definition) is 8. The standard InChI is InChI=1S/C31H43F9N6O2/c1-6-26(44(3)13-9-8-10-27(47)48-5)25-12-11-22(29(32,33)34)16-21(25)19-46(28(42-7-2)43-45(4)41)18-20-14-23(30(35,36)37)17-24(15-20)31(38,39)40/h11-12,14-17,26,28,42-43H,6-10,13,18-19,41H2,1-5H3. The van der Waals surface area contributed by atoms with E-state index in [-0.39, 0.29) is 42.7 Å². The van der Waals surface area contributed by atoms with Gasteiger partial charge in [-0.2, -0.15) is 44.6 Å². The number of nitrogens with one attached hydrogen (secondary N) is 2. The molecule has 0 spiro atoms. The number of esters is 1. The first kappa shape index (κ1) is 41.2. The van der Waals surface area contributed by atoms with Gasteiger partial charge in [0.25, 0.3) is 0 Å². The fraction of sp³-hybridized carbons (Fsp3) is 0.581. The summed E-state index contributed by atoms with van der Waals surface area (Å²) in [5.41, 5.74) is -0.932. The third-order valence-electron chi connectivity index (χ3n) is 7.61. The topological polar surface area (TPSA) is 86.1 Å². The largest absolute Gasteiger partial charge is 0.469 e. The maximum Gasteiger partial charge on any atom is 0.416 e. The van der Waals surface area contributed by atoms with Gasteiger partial charge >= 0.3 is 24.5 Å². The van der Waals surface area contributed by atoms with Crippen LogP contribution in [0.5, 0.6) is 0 Å². The van der Waals surface area contributed by atoms with Crippen molar-refractivity contribution in [2.45, 2.75) is 83.5 Å². The van der Waals surface area contributed by atoms with E-state index in [0.717, 1.165) is 17.3 Å². The lowest BCUT2D eigenvalue weighted by molar-refractivity contribution is -0.143. The van der Waals surface area contributed by atoms with E-state index < -0.39 is 54.1 Å². The van der Waals surface area contributed by atoms with Crippen molar-refractivity contribution in [3.63, 3.8) is 0 Å². The van der Waals surface area contributed by atoms with E-state index in [1.807, 2.05) is 11.8 Å². The molecule has 0 bridgehead atoms. The van der Waals surface area contributed by atoms with Crippen molar-refractivity contribution in [3.05, 3.63) is 69.8 Å². The molecule has 2 unspecified atom stereocenters. The van der Waals surface area contributed by atoms with Crippen molar-refractivity contribution in [1.29, 1.82) is 0 Å². The molecule has 2 aromatic carbocycles. The number of methoxy groups -OCH3 is 1. The number of unbranched alkanes of at least 4 members (excludes halogenated alkanes) is 1. The van der Waals surface area contributed by atoms with Crippen LogP contribution < -0.4 is 16.6 Å². The van der Waals surface area contributed by atoms with Gasteiger partial charge in [0.15, 0.2) is 0 Å². The predicted octanol–water partition coefficient (Wildman–Crippen LogP) is 6.67. The predicted molar refractivity (Wildman–Crippen MR) is 161 cm³/mol. The minimum atomic E-state index is -5.10. The van der Waals surface area contributed by atoms with Gasteiger partial charge in [-0.25, -0.2) is 5.43 Å². The Labute approximate surface area is 274 Å². The maximum absolute atomic E-state index is 14.0. The summed E-state index contributed by atoms with van der Waals surface area (Å²) in [4.78, 5) is 14.8. The number of hydrazine groups is 2. The Morgan fingerprint density at radius 1 is 0.854 bits per heavy atom. The molecule has 2 atom stereocenters. The molecule has 0 saturated carbocycles. The van der Waals surface area contributed by atoms with Crippen molar-refractivity contribution in [1.82, 2.24) is 25.7 Å². The Bertz CT molecular complexity index is 1290. The number of carbonyl (C=O) groups is 1. The van der Waals surface area contributed by atoms with Gasteiger partial charge in [-0.15, -0.1) is 0 Å². The number of alkyl halides is 9. The van der Waals surface area contributed by atoms with E-state index >= 15 is 0 Å². The van der Waals surface area contributed by atoms with Gasteiger partial charge in [-0.1, -0.05) is 19.9 Å². The number of rotatable bonds is 17. The lowest BCUT2D eigenvalue weighted by atomic mass is 9.94. The van der Waals surface area contributed by atoms with Gasteiger partial charge in [0.05, 0.1) is 23.8 Å². The zero-order chi connectivity index (χ0) is 36.4. The van der Waals surface area contributed by atoms with Gasteiger partial charge in [-0.3, -0.25) is 25.8 Å². The first-order valence-corrected chi connectivity index (χ1v) is 15.2. The highest BCUT2D eigenvalue weighted by molar-refractivity contribution is 5.68. The van der Waals surface area contributed by atoms with E-state index in [1.165, 1.54) is 25.1 Å². The number of halogens is 9. The first-order chi connectivity index (χ1) is 22.2. The number of hydrogen-bond donors (Lipinski definition) is 3. The van der Waals surface area contributed by atoms with Crippen LogP contribution in [0.3, 0.4) is 0 Å². The Kier molecular flexibility index (Phi) is 15.1. The van der Waals surface area contributed by atoms with Gasteiger partial charge in [0.1, 0.15) is 6.29 Å². The van der Waals surface area contributed by atoms with Crippen LogP contribution in [0.1, 0.15) is 79.0 Å². The molecule has 17 heteroatoms. The number of nitrogens with two attached hydrogens (primary N) is 1. The van der Waals surface area contributed by atoms with Crippen LogP contribution in [0.15, 0.2) is 36.4 Å². The third-order valence-corrected chi connectivity index (χ3v) is 7.61. The molecule has 0 aliphatic heterocycles. The Balaban J connectivity index is 2.67. The monoisotopic (exact) mass is 702 g/mol. The van der Waals surface area contributed by atoms with Crippen molar-refractivity contribution < 1.29 is 49.0 Å². The molecule has 0 amide bonds. The molecule has 0 aromatic heterocycles. The first-order valence-electron chi connectivity index (χ1n) is 15.2. The molecular formula is C31H43F9N6O2. The van der Waals surface area contributed by atoms with E-state index in [1.54, 1.807) is 14.0 Å². The zero-order valence-corrected chi connectivity index (χ0v) is 27.4. The van der Waals surface area contributed by atoms with Crippen molar-refractivity contribution in [2.75, 3.05) is 34.3 Å². The summed E-state index contributed by atoms with van der Waals surface area (Å²) >= 11 is 0. The molecule has 2 aromatic rings. The molecule has 2 rings (SSSR count). The average Bonchev–Trinajstić information content (AvgIpc) is 2.97. The summed E-state index contributed by atoms with van der Waals surface area (Å²) in [7, 11) is 4.45. The minimum absolute atomic E-state index is 0.0132. The number of ether oxygens (including phenoxy) is 1. The Hall–Kier alpha value is -2.96. The number of carbonyl (C=O) groups excluding carboxylic acids is 1. The molecule has 48 heavy (non-hydrogen) atoms. The molecule has 0 radical (unpaired) electrons. The molecule has 0 aliphatic carbocycles. The van der Waals surface area contributed by atoms with E-state index in [9.17, 15) is 44.3 Å². The second-order valence-corrected chi connectivity index (χ2v) is 11.4. The smallest absolute Gasteiger partial charge is 0.416 e. The summed E-state index contributed by atoms with van der Waals surface area (Å²) < 4.78 is 129. The summed E-state index contributed by atoms with van der Waals surface area (Å²) in [5.74, 6) is 5.42. The molecular weight excluding hydrogens is 659 g/mol. The zero-order valence-electron chi connectivity index (χ0n) is 27.4. The van der Waals surface area contributed by atoms with E-state index in [2.05, 4.69) is 15.5 Å². The van der Waals surface area contributed by atoms with Gasteiger partial charge in [0.2, 0.25) is 0 Å². The third kappa shape index (κ3) is 12.5. The highest BCUT2D eigenvalue weighted by atomic mass is 19.4. The van der Waals surface area contributed by atoms with Crippen LogP contribution in [0.4, 0.5) is 39.5 Å².